The van der Waals surface area contributed by atoms with Crippen LogP contribution in [0, 0.1) is 0 Å². The maximum absolute atomic E-state index is 5.63. The molecule has 0 amide bonds. The molecule has 0 radical (unpaired) electrons. The summed E-state index contributed by atoms with van der Waals surface area (Å²) in [5.74, 6) is 1.45. The largest absolute Gasteiger partial charge is 0.489 e. The van der Waals surface area contributed by atoms with Crippen molar-refractivity contribution >= 4 is 0 Å². The third-order valence-electron chi connectivity index (χ3n) is 2.19. The van der Waals surface area contributed by atoms with Crippen LogP contribution in [0.5, 0.6) is 5.75 Å². The van der Waals surface area contributed by atoms with E-state index in [9.17, 15) is 0 Å². The molecule has 1 atom stereocenters. The van der Waals surface area contributed by atoms with Gasteiger partial charge in [0.2, 0.25) is 0 Å². The van der Waals surface area contributed by atoms with Crippen LogP contribution in [0.25, 0.3) is 0 Å². The summed E-state index contributed by atoms with van der Waals surface area (Å²) < 4.78 is 5.63. The lowest BCUT2D eigenvalue weighted by molar-refractivity contribution is 0.229. The van der Waals surface area contributed by atoms with E-state index in [0.29, 0.717) is 12.5 Å². The van der Waals surface area contributed by atoms with Crippen LogP contribution in [0.2, 0.25) is 0 Å². The molecule has 1 aromatic carbocycles. The smallest absolute Gasteiger partial charge is 0.120 e. The van der Waals surface area contributed by atoms with Crippen molar-refractivity contribution in [2.45, 2.75) is 32.8 Å². The van der Waals surface area contributed by atoms with Crippen molar-refractivity contribution in [2.24, 2.45) is 5.73 Å². The first kappa shape index (κ1) is 11.1. The predicted octanol–water partition coefficient (Wildman–Crippen LogP) is 2.54. The summed E-state index contributed by atoms with van der Waals surface area (Å²) in [6.07, 6.45) is 0.0809. The van der Waals surface area contributed by atoms with Gasteiger partial charge in [0.1, 0.15) is 11.9 Å². The molecule has 0 heterocycles. The van der Waals surface area contributed by atoms with E-state index in [1.807, 2.05) is 19.1 Å². The van der Waals surface area contributed by atoms with Crippen LogP contribution in [-0.2, 0) is 0 Å². The molecule has 2 nitrogen and oxygen atoms in total. The van der Waals surface area contributed by atoms with Crippen LogP contribution in [0.1, 0.15) is 32.3 Å². The molecule has 0 bridgehead atoms. The van der Waals surface area contributed by atoms with Crippen LogP contribution < -0.4 is 10.5 Å². The number of benzene rings is 1. The Hall–Kier alpha value is -1.02. The van der Waals surface area contributed by atoms with Crippen LogP contribution in [0.3, 0.4) is 0 Å². The van der Waals surface area contributed by atoms with Crippen LogP contribution >= 0.6 is 0 Å². The molecule has 2 N–H and O–H groups in total. The van der Waals surface area contributed by atoms with E-state index in [0.717, 1.165) is 5.75 Å². The molecule has 2 heteroatoms. The molecular weight excluding hydrogens is 174 g/mol. The topological polar surface area (TPSA) is 35.2 Å². The zero-order chi connectivity index (χ0) is 10.6. The fourth-order valence-electron chi connectivity index (χ4n) is 1.23. The summed E-state index contributed by atoms with van der Waals surface area (Å²) in [6.45, 7) is 6.87. The molecule has 14 heavy (non-hydrogen) atoms. The van der Waals surface area contributed by atoms with Crippen molar-refractivity contribution < 1.29 is 4.74 Å². The Bertz CT molecular complexity index is 283. The summed E-state index contributed by atoms with van der Waals surface area (Å²) in [5, 5.41) is 0. The summed E-state index contributed by atoms with van der Waals surface area (Å²) >= 11 is 0. The summed E-state index contributed by atoms with van der Waals surface area (Å²) in [4.78, 5) is 0. The molecule has 0 aliphatic rings. The standard InChI is InChI=1S/C12H19NO/c1-9(2)11-5-4-6-12(7-11)14-10(3)8-13/h4-7,9-10H,8,13H2,1-3H3. The van der Waals surface area contributed by atoms with Gasteiger partial charge in [-0.25, -0.2) is 0 Å². The van der Waals surface area contributed by atoms with E-state index in [1.54, 1.807) is 0 Å². The molecule has 0 fully saturated rings. The number of nitrogens with two attached hydrogens (primary N) is 1. The van der Waals surface area contributed by atoms with Crippen LogP contribution in [0.15, 0.2) is 24.3 Å². The molecule has 0 spiro atoms. The maximum atomic E-state index is 5.63. The second-order valence-electron chi connectivity index (χ2n) is 3.89. The third-order valence-corrected chi connectivity index (χ3v) is 2.19. The Morgan fingerprint density at radius 3 is 2.57 bits per heavy atom. The van der Waals surface area contributed by atoms with Gasteiger partial charge in [-0.3, -0.25) is 0 Å². The Kier molecular flexibility index (Phi) is 3.96. The van der Waals surface area contributed by atoms with Gasteiger partial charge in [-0.05, 0) is 30.5 Å². The highest BCUT2D eigenvalue weighted by molar-refractivity contribution is 5.30. The second kappa shape index (κ2) is 5.01. The molecule has 0 saturated heterocycles. The lowest BCUT2D eigenvalue weighted by Crippen LogP contribution is -2.22. The summed E-state index contributed by atoms with van der Waals surface area (Å²) in [6, 6.07) is 8.19. The first-order valence-electron chi connectivity index (χ1n) is 5.10. The van der Waals surface area contributed by atoms with E-state index >= 15 is 0 Å². The number of rotatable bonds is 4. The van der Waals surface area contributed by atoms with Gasteiger partial charge in [0.15, 0.2) is 0 Å². The first-order valence-corrected chi connectivity index (χ1v) is 5.10. The predicted molar refractivity (Wildman–Crippen MR) is 59.7 cm³/mol. The number of hydrogen-bond donors (Lipinski definition) is 1. The average Bonchev–Trinajstić information content (AvgIpc) is 2.18. The van der Waals surface area contributed by atoms with Crippen molar-refractivity contribution in [2.75, 3.05) is 6.54 Å². The minimum atomic E-state index is 0.0809. The van der Waals surface area contributed by atoms with Gasteiger partial charge in [-0.1, -0.05) is 26.0 Å². The third kappa shape index (κ3) is 3.04. The lowest BCUT2D eigenvalue weighted by atomic mass is 10.0. The van der Waals surface area contributed by atoms with Gasteiger partial charge in [0, 0.05) is 6.54 Å². The van der Waals surface area contributed by atoms with Gasteiger partial charge in [-0.15, -0.1) is 0 Å². The monoisotopic (exact) mass is 193 g/mol. The molecular formula is C12H19NO. The molecule has 0 aromatic heterocycles. The van der Waals surface area contributed by atoms with E-state index in [4.69, 9.17) is 10.5 Å². The second-order valence-corrected chi connectivity index (χ2v) is 3.89. The Morgan fingerprint density at radius 1 is 1.29 bits per heavy atom. The molecule has 1 rings (SSSR count). The maximum Gasteiger partial charge on any atom is 0.120 e. The summed E-state index contributed by atoms with van der Waals surface area (Å²) in [5.41, 5.74) is 6.79. The first-order chi connectivity index (χ1) is 6.63. The zero-order valence-electron chi connectivity index (χ0n) is 9.16. The Balaban J connectivity index is 2.73. The van der Waals surface area contributed by atoms with Gasteiger partial charge >= 0.3 is 0 Å². The molecule has 1 unspecified atom stereocenters. The number of ether oxygens (including phenoxy) is 1. The Morgan fingerprint density at radius 2 is 2.00 bits per heavy atom. The average molecular weight is 193 g/mol. The van der Waals surface area contributed by atoms with Crippen molar-refractivity contribution in [3.05, 3.63) is 29.8 Å². The minimum absolute atomic E-state index is 0.0809. The van der Waals surface area contributed by atoms with Gasteiger partial charge < -0.3 is 10.5 Å². The Labute approximate surface area is 86.1 Å². The minimum Gasteiger partial charge on any atom is -0.489 e. The molecule has 0 aliphatic carbocycles. The van der Waals surface area contributed by atoms with Crippen LogP contribution in [-0.4, -0.2) is 12.6 Å². The molecule has 0 saturated carbocycles. The SMILES string of the molecule is CC(CN)Oc1cccc(C(C)C)c1. The molecule has 0 aliphatic heterocycles. The highest BCUT2D eigenvalue weighted by Crippen LogP contribution is 2.20. The molecule has 78 valence electrons. The van der Waals surface area contributed by atoms with Crippen LogP contribution in [0.4, 0.5) is 0 Å². The van der Waals surface area contributed by atoms with Crippen molar-refractivity contribution in [1.29, 1.82) is 0 Å². The quantitative estimate of drug-likeness (QED) is 0.797. The summed E-state index contributed by atoms with van der Waals surface area (Å²) in [7, 11) is 0. The fourth-order valence-corrected chi connectivity index (χ4v) is 1.23. The normalized spacial score (nSPS) is 12.9. The highest BCUT2D eigenvalue weighted by Gasteiger charge is 2.03. The fraction of sp³-hybridized carbons (Fsp3) is 0.500. The van der Waals surface area contributed by atoms with Crippen molar-refractivity contribution in [1.82, 2.24) is 0 Å². The molecule has 1 aromatic rings. The van der Waals surface area contributed by atoms with Gasteiger partial charge in [-0.2, -0.15) is 0 Å². The number of hydrogen-bond acceptors (Lipinski definition) is 2. The zero-order valence-corrected chi connectivity index (χ0v) is 9.16. The lowest BCUT2D eigenvalue weighted by Gasteiger charge is -2.14. The van der Waals surface area contributed by atoms with Gasteiger partial charge in [0.25, 0.3) is 0 Å². The van der Waals surface area contributed by atoms with E-state index in [2.05, 4.69) is 26.0 Å². The van der Waals surface area contributed by atoms with Crippen molar-refractivity contribution in [3.63, 3.8) is 0 Å². The highest BCUT2D eigenvalue weighted by atomic mass is 16.5. The van der Waals surface area contributed by atoms with E-state index < -0.39 is 0 Å². The van der Waals surface area contributed by atoms with Gasteiger partial charge in [0.05, 0.1) is 0 Å². The van der Waals surface area contributed by atoms with Crippen molar-refractivity contribution in [3.8, 4) is 5.75 Å². The van der Waals surface area contributed by atoms with E-state index in [1.165, 1.54) is 5.56 Å². The van der Waals surface area contributed by atoms with E-state index in [-0.39, 0.29) is 6.10 Å².